The first-order valence-corrected chi connectivity index (χ1v) is 8.67. The number of likely N-dealkylation sites (tertiary alicyclic amines) is 1. The number of urea groups is 1. The second kappa shape index (κ2) is 6.81. The summed E-state index contributed by atoms with van der Waals surface area (Å²) in [7, 11) is 0. The molecule has 1 aromatic heterocycles. The van der Waals surface area contributed by atoms with Gasteiger partial charge in [0.05, 0.1) is 18.2 Å². The van der Waals surface area contributed by atoms with Gasteiger partial charge in [-0.3, -0.25) is 4.68 Å². The lowest BCUT2D eigenvalue weighted by Crippen LogP contribution is -2.51. The van der Waals surface area contributed by atoms with Crippen molar-refractivity contribution in [3.63, 3.8) is 0 Å². The maximum atomic E-state index is 12.6. The predicted molar refractivity (Wildman–Crippen MR) is 95.1 cm³/mol. The second-order valence-corrected chi connectivity index (χ2v) is 6.97. The van der Waals surface area contributed by atoms with Crippen molar-refractivity contribution in [2.24, 2.45) is 5.92 Å². The average molecular weight is 330 g/mol. The Balaban J connectivity index is 1.77. The summed E-state index contributed by atoms with van der Waals surface area (Å²) in [6.07, 6.45) is 4.02. The van der Waals surface area contributed by atoms with Crippen LogP contribution in [0.15, 0.2) is 24.4 Å². The smallest absolute Gasteiger partial charge is 0.322 e. The molecular weight excluding hydrogens is 304 g/mol. The Kier molecular flexibility index (Phi) is 4.76. The number of aliphatic hydroxyl groups is 1. The highest BCUT2D eigenvalue weighted by atomic mass is 16.3. The van der Waals surface area contributed by atoms with E-state index in [1.165, 1.54) is 0 Å². The molecule has 6 heteroatoms. The molecule has 1 fully saturated rings. The summed E-state index contributed by atoms with van der Waals surface area (Å²) in [4.78, 5) is 14.4. The number of hydrogen-bond acceptors (Lipinski definition) is 3. The van der Waals surface area contributed by atoms with Gasteiger partial charge in [0, 0.05) is 29.9 Å². The van der Waals surface area contributed by atoms with Crippen LogP contribution in [0.4, 0.5) is 10.5 Å². The molecule has 2 aromatic rings. The third-order valence-electron chi connectivity index (χ3n) is 4.87. The lowest BCUT2D eigenvalue weighted by molar-refractivity contribution is 0.0811. The van der Waals surface area contributed by atoms with Crippen LogP contribution in [0.2, 0.25) is 0 Å². The highest BCUT2D eigenvalue weighted by molar-refractivity contribution is 5.92. The summed E-state index contributed by atoms with van der Waals surface area (Å²) in [5, 5.41) is 18.1. The van der Waals surface area contributed by atoms with Crippen LogP contribution in [0, 0.1) is 5.92 Å². The Labute approximate surface area is 142 Å². The first-order chi connectivity index (χ1) is 11.5. The SMILES string of the molecule is CC(C)n1cc2cc(NC(=O)N3CCC[C@@H](C)[C@H]3CO)ccc2n1. The Morgan fingerprint density at radius 3 is 2.96 bits per heavy atom. The van der Waals surface area contributed by atoms with Crippen LogP contribution >= 0.6 is 0 Å². The number of anilines is 1. The van der Waals surface area contributed by atoms with Crippen LogP contribution < -0.4 is 5.32 Å². The number of benzene rings is 1. The molecule has 0 radical (unpaired) electrons. The van der Waals surface area contributed by atoms with E-state index < -0.39 is 0 Å². The topological polar surface area (TPSA) is 70.4 Å². The van der Waals surface area contributed by atoms with E-state index >= 15 is 0 Å². The van der Waals surface area contributed by atoms with Gasteiger partial charge in [-0.15, -0.1) is 0 Å². The first kappa shape index (κ1) is 16.8. The Morgan fingerprint density at radius 2 is 2.25 bits per heavy atom. The van der Waals surface area contributed by atoms with Crippen molar-refractivity contribution in [1.82, 2.24) is 14.7 Å². The van der Waals surface area contributed by atoms with Crippen molar-refractivity contribution >= 4 is 22.6 Å². The molecule has 6 nitrogen and oxygen atoms in total. The average Bonchev–Trinajstić information content (AvgIpc) is 2.98. The number of nitrogens with zero attached hydrogens (tertiary/aromatic N) is 3. The first-order valence-electron chi connectivity index (χ1n) is 8.67. The molecule has 0 aliphatic carbocycles. The third-order valence-corrected chi connectivity index (χ3v) is 4.87. The van der Waals surface area contributed by atoms with E-state index in [0.29, 0.717) is 18.5 Å². The lowest BCUT2D eigenvalue weighted by Gasteiger charge is -2.38. The molecule has 130 valence electrons. The fourth-order valence-electron chi connectivity index (χ4n) is 3.36. The molecule has 0 saturated carbocycles. The van der Waals surface area contributed by atoms with Crippen molar-refractivity contribution in [3.05, 3.63) is 24.4 Å². The summed E-state index contributed by atoms with van der Waals surface area (Å²) < 4.78 is 1.92. The monoisotopic (exact) mass is 330 g/mol. The third kappa shape index (κ3) is 3.24. The Bertz CT molecular complexity index is 725. The molecule has 1 aromatic carbocycles. The number of amides is 2. The zero-order valence-corrected chi connectivity index (χ0v) is 14.6. The Morgan fingerprint density at radius 1 is 1.46 bits per heavy atom. The Hall–Kier alpha value is -2.08. The maximum Gasteiger partial charge on any atom is 0.322 e. The number of carbonyl (C=O) groups excluding carboxylic acids is 1. The van der Waals surface area contributed by atoms with Gasteiger partial charge in [0.2, 0.25) is 0 Å². The van der Waals surface area contributed by atoms with Crippen LogP contribution in [0.25, 0.3) is 10.9 Å². The van der Waals surface area contributed by atoms with Crippen LogP contribution in [0.3, 0.4) is 0 Å². The van der Waals surface area contributed by atoms with Gasteiger partial charge in [-0.1, -0.05) is 6.92 Å². The molecular formula is C18H26N4O2. The van der Waals surface area contributed by atoms with Gasteiger partial charge in [-0.2, -0.15) is 5.10 Å². The summed E-state index contributed by atoms with van der Waals surface area (Å²) in [5.41, 5.74) is 1.67. The van der Waals surface area contributed by atoms with Crippen molar-refractivity contribution in [3.8, 4) is 0 Å². The minimum absolute atomic E-state index is 0.00871. The van der Waals surface area contributed by atoms with Crippen LogP contribution in [-0.2, 0) is 0 Å². The molecule has 2 amide bonds. The fraction of sp³-hybridized carbons (Fsp3) is 0.556. The molecule has 3 rings (SSSR count). The molecule has 2 N–H and O–H groups in total. The number of rotatable bonds is 3. The summed E-state index contributed by atoms with van der Waals surface area (Å²) >= 11 is 0. The molecule has 24 heavy (non-hydrogen) atoms. The van der Waals surface area contributed by atoms with Crippen molar-refractivity contribution < 1.29 is 9.90 Å². The summed E-state index contributed by atoms with van der Waals surface area (Å²) in [5.74, 6) is 0.321. The molecule has 0 unspecified atom stereocenters. The van der Waals surface area contributed by atoms with Gasteiger partial charge in [-0.25, -0.2) is 4.79 Å². The van der Waals surface area contributed by atoms with E-state index in [1.54, 1.807) is 4.90 Å². The van der Waals surface area contributed by atoms with Crippen molar-refractivity contribution in [2.75, 3.05) is 18.5 Å². The molecule has 1 aliphatic heterocycles. The summed E-state index contributed by atoms with van der Waals surface area (Å²) in [6, 6.07) is 5.80. The van der Waals surface area contributed by atoms with Gasteiger partial charge in [0.15, 0.2) is 0 Å². The molecule has 1 aliphatic rings. The van der Waals surface area contributed by atoms with E-state index in [0.717, 1.165) is 29.4 Å². The minimum Gasteiger partial charge on any atom is -0.394 e. The van der Waals surface area contributed by atoms with Gasteiger partial charge >= 0.3 is 6.03 Å². The zero-order valence-electron chi connectivity index (χ0n) is 14.6. The standard InChI is InChI=1S/C18H26N4O2/c1-12(2)22-10-14-9-15(6-7-16(14)20-22)19-18(24)21-8-4-5-13(3)17(21)11-23/h6-7,9-10,12-13,17,23H,4-5,8,11H2,1-3H3,(H,19,24)/t13-,17-/m1/s1. The van der Waals surface area contributed by atoms with Gasteiger partial charge in [0.25, 0.3) is 0 Å². The summed E-state index contributed by atoms with van der Waals surface area (Å²) in [6.45, 7) is 6.96. The highest BCUT2D eigenvalue weighted by Gasteiger charge is 2.31. The van der Waals surface area contributed by atoms with E-state index in [4.69, 9.17) is 0 Å². The number of nitrogens with one attached hydrogen (secondary N) is 1. The predicted octanol–water partition coefficient (Wildman–Crippen LogP) is 3.24. The minimum atomic E-state index is -0.142. The normalized spacial score (nSPS) is 21.5. The highest BCUT2D eigenvalue weighted by Crippen LogP contribution is 2.25. The van der Waals surface area contributed by atoms with E-state index in [-0.39, 0.29) is 18.7 Å². The number of aromatic nitrogens is 2. The zero-order chi connectivity index (χ0) is 17.3. The van der Waals surface area contributed by atoms with Gasteiger partial charge < -0.3 is 15.3 Å². The van der Waals surface area contributed by atoms with E-state index in [2.05, 4.69) is 31.2 Å². The molecule has 2 atom stereocenters. The number of aliphatic hydroxyl groups excluding tert-OH is 1. The number of carbonyl (C=O) groups is 1. The molecule has 2 heterocycles. The second-order valence-electron chi connectivity index (χ2n) is 6.97. The van der Waals surface area contributed by atoms with Gasteiger partial charge in [0.1, 0.15) is 0 Å². The van der Waals surface area contributed by atoms with E-state index in [9.17, 15) is 9.90 Å². The molecule has 0 bridgehead atoms. The lowest BCUT2D eigenvalue weighted by atomic mass is 9.91. The quantitative estimate of drug-likeness (QED) is 0.907. The maximum absolute atomic E-state index is 12.6. The van der Waals surface area contributed by atoms with Crippen LogP contribution in [-0.4, -0.2) is 45.0 Å². The number of fused-ring (bicyclic) bond motifs is 1. The van der Waals surface area contributed by atoms with Crippen LogP contribution in [0.1, 0.15) is 39.7 Å². The molecule has 1 saturated heterocycles. The fourth-order valence-corrected chi connectivity index (χ4v) is 3.36. The van der Waals surface area contributed by atoms with E-state index in [1.807, 2.05) is 29.1 Å². The molecule has 0 spiro atoms. The number of piperidine rings is 1. The van der Waals surface area contributed by atoms with Gasteiger partial charge in [-0.05, 0) is 50.8 Å². The largest absolute Gasteiger partial charge is 0.394 e. The number of hydrogen-bond donors (Lipinski definition) is 2. The van der Waals surface area contributed by atoms with Crippen LogP contribution in [0.5, 0.6) is 0 Å². The van der Waals surface area contributed by atoms with Crippen molar-refractivity contribution in [1.29, 1.82) is 0 Å². The van der Waals surface area contributed by atoms with Crippen molar-refractivity contribution in [2.45, 2.75) is 45.7 Å².